The van der Waals surface area contributed by atoms with Crippen LogP contribution in [0.5, 0.6) is 0 Å². The minimum absolute atomic E-state index is 0.000518. The molecule has 0 aromatic carbocycles. The van der Waals surface area contributed by atoms with Crippen LogP contribution in [0.25, 0.3) is 5.69 Å². The van der Waals surface area contributed by atoms with E-state index in [4.69, 9.17) is 5.11 Å². The van der Waals surface area contributed by atoms with Gasteiger partial charge in [0.2, 0.25) is 0 Å². The second-order valence-electron chi connectivity index (χ2n) is 4.01. The summed E-state index contributed by atoms with van der Waals surface area (Å²) in [5, 5.41) is 9.47. The molecule has 5 nitrogen and oxygen atoms in total. The second-order valence-corrected chi connectivity index (χ2v) is 4.95. The van der Waals surface area contributed by atoms with Crippen LogP contribution in [-0.2, 0) is 11.2 Å². The zero-order chi connectivity index (χ0) is 13.8. The van der Waals surface area contributed by atoms with Gasteiger partial charge in [-0.15, -0.1) is 0 Å². The maximum Gasteiger partial charge on any atom is 0.313 e. The number of carboxylic acid groups (broad SMARTS) is 1. The summed E-state index contributed by atoms with van der Waals surface area (Å²) in [7, 11) is 0. The quantitative estimate of drug-likeness (QED) is 0.849. The Morgan fingerprint density at radius 3 is 2.89 bits per heavy atom. The number of aromatic nitrogens is 3. The molecule has 2 rings (SSSR count). The van der Waals surface area contributed by atoms with Crippen LogP contribution in [0.1, 0.15) is 18.3 Å². The molecule has 1 N–H and O–H groups in total. The Kier molecular flexibility index (Phi) is 4.21. The molecule has 100 valence electrons. The second kappa shape index (κ2) is 5.88. The van der Waals surface area contributed by atoms with E-state index in [2.05, 4.69) is 9.97 Å². The van der Waals surface area contributed by atoms with Crippen molar-refractivity contribution in [3.63, 3.8) is 0 Å². The van der Waals surface area contributed by atoms with Crippen LogP contribution >= 0.6 is 11.8 Å². The molecule has 0 spiro atoms. The molecule has 0 atom stereocenters. The van der Waals surface area contributed by atoms with E-state index in [1.54, 1.807) is 12.4 Å². The first-order valence-electron chi connectivity index (χ1n) is 5.96. The number of imidazole rings is 1. The summed E-state index contributed by atoms with van der Waals surface area (Å²) in [5.74, 6) is -0.847. The maximum atomic E-state index is 10.7. The third-order valence-electron chi connectivity index (χ3n) is 2.71. The standard InChI is InChI=1S/C13H15N3O2S/c1-3-10-7-15-13(19-8-12(17)18)16(10)11-5-4-6-14-9(11)2/h4-7H,3,8H2,1-2H3,(H,17,18). The molecule has 0 radical (unpaired) electrons. The number of thioether (sulfide) groups is 1. The molecule has 0 fully saturated rings. The first kappa shape index (κ1) is 13.6. The molecule has 0 aliphatic carbocycles. The maximum absolute atomic E-state index is 10.7. The number of aryl methyl sites for hydroxylation is 2. The third kappa shape index (κ3) is 2.96. The van der Waals surface area contributed by atoms with Crippen molar-refractivity contribution in [1.29, 1.82) is 0 Å². The summed E-state index contributed by atoms with van der Waals surface area (Å²) in [4.78, 5) is 19.3. The SMILES string of the molecule is CCc1cnc(SCC(=O)O)n1-c1cccnc1C. The van der Waals surface area contributed by atoms with E-state index < -0.39 is 5.97 Å². The number of rotatable bonds is 5. The van der Waals surface area contributed by atoms with Gasteiger partial charge < -0.3 is 5.11 Å². The lowest BCUT2D eigenvalue weighted by Crippen LogP contribution is -2.06. The molecule has 2 aromatic heterocycles. The highest BCUT2D eigenvalue weighted by Gasteiger charge is 2.14. The van der Waals surface area contributed by atoms with E-state index in [1.807, 2.05) is 30.5 Å². The van der Waals surface area contributed by atoms with Gasteiger partial charge in [-0.25, -0.2) is 4.98 Å². The van der Waals surface area contributed by atoms with Crippen LogP contribution < -0.4 is 0 Å². The van der Waals surface area contributed by atoms with Crippen molar-refractivity contribution in [1.82, 2.24) is 14.5 Å². The Hall–Kier alpha value is -1.82. The lowest BCUT2D eigenvalue weighted by molar-refractivity contribution is -0.133. The van der Waals surface area contributed by atoms with Gasteiger partial charge in [-0.1, -0.05) is 18.7 Å². The van der Waals surface area contributed by atoms with Gasteiger partial charge in [0.05, 0.1) is 17.1 Å². The predicted octanol–water partition coefficient (Wildman–Crippen LogP) is 2.31. The molecule has 19 heavy (non-hydrogen) atoms. The average molecular weight is 277 g/mol. The number of pyridine rings is 1. The number of carbonyl (C=O) groups is 1. The predicted molar refractivity (Wildman–Crippen MR) is 73.8 cm³/mol. The molecule has 0 saturated carbocycles. The Morgan fingerprint density at radius 2 is 2.26 bits per heavy atom. The van der Waals surface area contributed by atoms with Gasteiger partial charge in [-0.3, -0.25) is 14.3 Å². The summed E-state index contributed by atoms with van der Waals surface area (Å²) >= 11 is 1.22. The van der Waals surface area contributed by atoms with Crippen molar-refractivity contribution in [2.24, 2.45) is 0 Å². The zero-order valence-corrected chi connectivity index (χ0v) is 11.6. The van der Waals surface area contributed by atoms with Gasteiger partial charge in [0.25, 0.3) is 0 Å². The average Bonchev–Trinajstić information content (AvgIpc) is 2.79. The molecule has 0 unspecified atom stereocenters. The first-order valence-corrected chi connectivity index (χ1v) is 6.95. The fraction of sp³-hybridized carbons (Fsp3) is 0.308. The third-order valence-corrected chi connectivity index (χ3v) is 3.65. The number of aliphatic carboxylic acids is 1. The van der Waals surface area contributed by atoms with Crippen molar-refractivity contribution in [2.45, 2.75) is 25.4 Å². The van der Waals surface area contributed by atoms with Crippen LogP contribution in [0.3, 0.4) is 0 Å². The number of carboxylic acids is 1. The fourth-order valence-corrected chi connectivity index (χ4v) is 2.54. The molecule has 0 aliphatic rings. The summed E-state index contributed by atoms with van der Waals surface area (Å²) in [6.07, 6.45) is 4.36. The Labute approximate surface area is 115 Å². The monoisotopic (exact) mass is 277 g/mol. The largest absolute Gasteiger partial charge is 0.481 e. The number of hydrogen-bond acceptors (Lipinski definition) is 4. The van der Waals surface area contributed by atoms with E-state index in [-0.39, 0.29) is 5.75 Å². The molecular formula is C13H15N3O2S. The van der Waals surface area contributed by atoms with E-state index in [0.717, 1.165) is 23.5 Å². The highest BCUT2D eigenvalue weighted by Crippen LogP contribution is 2.24. The first-order chi connectivity index (χ1) is 9.13. The molecule has 0 amide bonds. The van der Waals surface area contributed by atoms with Crippen molar-refractivity contribution in [3.05, 3.63) is 35.9 Å². The summed E-state index contributed by atoms with van der Waals surface area (Å²) in [6, 6.07) is 3.83. The molecule has 2 heterocycles. The van der Waals surface area contributed by atoms with Crippen LogP contribution in [0.2, 0.25) is 0 Å². The van der Waals surface area contributed by atoms with Gasteiger partial charge in [0.1, 0.15) is 0 Å². The lowest BCUT2D eigenvalue weighted by Gasteiger charge is -2.12. The van der Waals surface area contributed by atoms with Gasteiger partial charge in [0, 0.05) is 18.1 Å². The van der Waals surface area contributed by atoms with E-state index in [1.165, 1.54) is 11.8 Å². The van der Waals surface area contributed by atoms with E-state index in [0.29, 0.717) is 5.16 Å². The minimum Gasteiger partial charge on any atom is -0.481 e. The van der Waals surface area contributed by atoms with Crippen molar-refractivity contribution in [3.8, 4) is 5.69 Å². The van der Waals surface area contributed by atoms with Crippen LogP contribution in [0.4, 0.5) is 0 Å². The normalized spacial score (nSPS) is 10.6. The highest BCUT2D eigenvalue weighted by atomic mass is 32.2. The summed E-state index contributed by atoms with van der Waals surface area (Å²) in [6.45, 7) is 3.98. The highest BCUT2D eigenvalue weighted by molar-refractivity contribution is 7.99. The number of nitrogens with zero attached hydrogens (tertiary/aromatic N) is 3. The fourth-order valence-electron chi connectivity index (χ4n) is 1.82. The zero-order valence-electron chi connectivity index (χ0n) is 10.8. The summed E-state index contributed by atoms with van der Waals surface area (Å²) in [5.41, 5.74) is 2.89. The lowest BCUT2D eigenvalue weighted by atomic mass is 10.3. The smallest absolute Gasteiger partial charge is 0.313 e. The van der Waals surface area contributed by atoms with Crippen LogP contribution in [0.15, 0.2) is 29.7 Å². The van der Waals surface area contributed by atoms with E-state index >= 15 is 0 Å². The van der Waals surface area contributed by atoms with Crippen molar-refractivity contribution >= 4 is 17.7 Å². The number of hydrogen-bond donors (Lipinski definition) is 1. The van der Waals surface area contributed by atoms with Crippen molar-refractivity contribution < 1.29 is 9.90 Å². The molecule has 0 saturated heterocycles. The minimum atomic E-state index is -0.847. The topological polar surface area (TPSA) is 68.0 Å². The van der Waals surface area contributed by atoms with Gasteiger partial charge in [0.15, 0.2) is 5.16 Å². The van der Waals surface area contributed by atoms with Gasteiger partial charge >= 0.3 is 5.97 Å². The molecule has 0 bridgehead atoms. The van der Waals surface area contributed by atoms with Gasteiger partial charge in [-0.05, 0) is 25.5 Å². The summed E-state index contributed by atoms with van der Waals surface area (Å²) < 4.78 is 1.98. The molecule has 6 heteroatoms. The molecule has 2 aromatic rings. The van der Waals surface area contributed by atoms with E-state index in [9.17, 15) is 4.79 Å². The van der Waals surface area contributed by atoms with Crippen LogP contribution in [-0.4, -0.2) is 31.4 Å². The molecular weight excluding hydrogens is 262 g/mol. The van der Waals surface area contributed by atoms with Crippen molar-refractivity contribution in [2.75, 3.05) is 5.75 Å². The molecule has 0 aliphatic heterocycles. The Bertz CT molecular complexity index is 595. The van der Waals surface area contributed by atoms with Crippen LogP contribution in [0, 0.1) is 6.92 Å². The Morgan fingerprint density at radius 1 is 1.47 bits per heavy atom. The Balaban J connectivity index is 2.45. The van der Waals surface area contributed by atoms with Gasteiger partial charge in [-0.2, -0.15) is 0 Å².